The summed E-state index contributed by atoms with van der Waals surface area (Å²) in [6, 6.07) is 1.61. The number of halogens is 1. The van der Waals surface area contributed by atoms with E-state index >= 15 is 0 Å². The maximum absolute atomic E-state index is 11.5. The lowest BCUT2D eigenvalue weighted by molar-refractivity contribution is 0.0593. The average molecular weight is 283 g/mol. The van der Waals surface area contributed by atoms with Crippen molar-refractivity contribution in [2.24, 2.45) is 0 Å². The van der Waals surface area contributed by atoms with Crippen LogP contribution in [-0.4, -0.2) is 36.3 Å². The van der Waals surface area contributed by atoms with E-state index in [1.807, 2.05) is 0 Å². The lowest BCUT2D eigenvalue weighted by Crippen LogP contribution is -2.14. The second-order valence-corrected chi connectivity index (χ2v) is 4.60. The molecule has 0 amide bonds. The molecule has 1 heterocycles. The van der Waals surface area contributed by atoms with Crippen molar-refractivity contribution in [3.63, 3.8) is 0 Å². The SMILES string of the molecule is COC(=O)c1cc(C2=CCC(OC)CC2)nc(Cl)n1. The number of carbonyl (C=O) groups is 1. The summed E-state index contributed by atoms with van der Waals surface area (Å²) in [4.78, 5) is 19.5. The molecule has 1 atom stereocenters. The first kappa shape index (κ1) is 14.0. The summed E-state index contributed by atoms with van der Waals surface area (Å²) >= 11 is 5.84. The van der Waals surface area contributed by atoms with Gasteiger partial charge in [0.25, 0.3) is 0 Å². The predicted octanol–water partition coefficient (Wildman–Crippen LogP) is 2.50. The zero-order valence-corrected chi connectivity index (χ0v) is 11.6. The van der Waals surface area contributed by atoms with Crippen molar-refractivity contribution in [3.05, 3.63) is 28.8 Å². The summed E-state index contributed by atoms with van der Waals surface area (Å²) in [7, 11) is 3.02. The van der Waals surface area contributed by atoms with E-state index in [-0.39, 0.29) is 17.1 Å². The van der Waals surface area contributed by atoms with E-state index in [2.05, 4.69) is 20.8 Å². The van der Waals surface area contributed by atoms with Gasteiger partial charge in [-0.15, -0.1) is 0 Å². The van der Waals surface area contributed by atoms with E-state index in [9.17, 15) is 4.79 Å². The standard InChI is InChI=1S/C13H15ClN2O3/c1-18-9-5-3-8(4-6-9)10-7-11(12(17)19-2)16-13(14)15-10/h3,7,9H,4-6H2,1-2H3. The molecule has 0 spiro atoms. The molecular formula is C13H15ClN2O3. The molecule has 0 radical (unpaired) electrons. The molecule has 19 heavy (non-hydrogen) atoms. The molecule has 0 aliphatic heterocycles. The van der Waals surface area contributed by atoms with Crippen LogP contribution in [0.15, 0.2) is 12.1 Å². The molecule has 0 fully saturated rings. The van der Waals surface area contributed by atoms with Crippen molar-refractivity contribution < 1.29 is 14.3 Å². The summed E-state index contributed by atoms with van der Waals surface area (Å²) in [5.74, 6) is -0.517. The fourth-order valence-electron chi connectivity index (χ4n) is 2.05. The molecule has 1 aromatic heterocycles. The highest BCUT2D eigenvalue weighted by atomic mass is 35.5. The number of aromatic nitrogens is 2. The van der Waals surface area contributed by atoms with Crippen LogP contribution in [0, 0.1) is 0 Å². The minimum atomic E-state index is -0.517. The van der Waals surface area contributed by atoms with Crippen LogP contribution in [0.3, 0.4) is 0 Å². The number of esters is 1. The highest BCUT2D eigenvalue weighted by Crippen LogP contribution is 2.27. The second-order valence-electron chi connectivity index (χ2n) is 4.26. The minimum absolute atomic E-state index is 0.0488. The topological polar surface area (TPSA) is 61.3 Å². The fraction of sp³-hybridized carbons (Fsp3) is 0.462. The molecule has 0 bridgehead atoms. The smallest absolute Gasteiger partial charge is 0.356 e. The average Bonchev–Trinajstić information content (AvgIpc) is 2.45. The van der Waals surface area contributed by atoms with Crippen molar-refractivity contribution in [1.29, 1.82) is 0 Å². The Morgan fingerprint density at radius 3 is 2.79 bits per heavy atom. The molecule has 1 unspecified atom stereocenters. The Kier molecular flexibility index (Phi) is 4.50. The summed E-state index contributed by atoms with van der Waals surface area (Å²) in [5.41, 5.74) is 1.91. The Balaban J connectivity index is 2.28. The Hall–Kier alpha value is -1.46. The first-order valence-electron chi connectivity index (χ1n) is 5.99. The first-order valence-corrected chi connectivity index (χ1v) is 6.37. The summed E-state index contributed by atoms with van der Waals surface area (Å²) in [6.45, 7) is 0. The Bertz CT molecular complexity index is 517. The van der Waals surface area contributed by atoms with Gasteiger partial charge < -0.3 is 9.47 Å². The van der Waals surface area contributed by atoms with E-state index in [1.165, 1.54) is 7.11 Å². The van der Waals surface area contributed by atoms with E-state index in [4.69, 9.17) is 16.3 Å². The number of hydrogen-bond donors (Lipinski definition) is 0. The lowest BCUT2D eigenvalue weighted by atomic mass is 9.94. The number of carbonyl (C=O) groups excluding carboxylic acids is 1. The summed E-state index contributed by atoms with van der Waals surface area (Å²) in [5, 5.41) is 0.0488. The van der Waals surface area contributed by atoms with Crippen molar-refractivity contribution in [3.8, 4) is 0 Å². The molecule has 1 aromatic rings. The zero-order chi connectivity index (χ0) is 13.8. The van der Waals surface area contributed by atoms with Crippen molar-refractivity contribution in [1.82, 2.24) is 9.97 Å². The van der Waals surface area contributed by atoms with Crippen molar-refractivity contribution >= 4 is 23.1 Å². The largest absolute Gasteiger partial charge is 0.464 e. The van der Waals surface area contributed by atoms with Crippen LogP contribution in [0.1, 0.15) is 35.4 Å². The van der Waals surface area contributed by atoms with Crippen LogP contribution >= 0.6 is 11.6 Å². The van der Waals surface area contributed by atoms with E-state index < -0.39 is 5.97 Å². The molecule has 102 valence electrons. The number of allylic oxidation sites excluding steroid dienone is 1. The van der Waals surface area contributed by atoms with E-state index in [1.54, 1.807) is 13.2 Å². The minimum Gasteiger partial charge on any atom is -0.464 e. The number of methoxy groups -OCH3 is 2. The maximum atomic E-state index is 11.5. The number of rotatable bonds is 3. The van der Waals surface area contributed by atoms with Gasteiger partial charge in [0, 0.05) is 7.11 Å². The highest BCUT2D eigenvalue weighted by molar-refractivity contribution is 6.28. The van der Waals surface area contributed by atoms with Gasteiger partial charge in [-0.25, -0.2) is 14.8 Å². The van der Waals surface area contributed by atoms with Crippen LogP contribution in [-0.2, 0) is 9.47 Å². The number of ether oxygens (including phenoxy) is 2. The molecule has 5 nitrogen and oxygen atoms in total. The first-order chi connectivity index (χ1) is 9.13. The van der Waals surface area contributed by atoms with Gasteiger partial charge >= 0.3 is 5.97 Å². The van der Waals surface area contributed by atoms with Crippen LogP contribution in [0.25, 0.3) is 5.57 Å². The van der Waals surface area contributed by atoms with E-state index in [0.29, 0.717) is 5.69 Å². The second kappa shape index (κ2) is 6.12. The van der Waals surface area contributed by atoms with Gasteiger partial charge in [0.05, 0.1) is 18.9 Å². The maximum Gasteiger partial charge on any atom is 0.356 e. The van der Waals surface area contributed by atoms with E-state index in [0.717, 1.165) is 24.8 Å². The lowest BCUT2D eigenvalue weighted by Gasteiger charge is -2.20. The van der Waals surface area contributed by atoms with Gasteiger partial charge in [0.15, 0.2) is 5.69 Å². The molecular weight excluding hydrogens is 268 g/mol. The Labute approximate surface area is 116 Å². The van der Waals surface area contributed by atoms with Gasteiger partial charge in [-0.2, -0.15) is 0 Å². The third kappa shape index (κ3) is 3.30. The van der Waals surface area contributed by atoms with Gasteiger partial charge in [0.1, 0.15) is 0 Å². The quantitative estimate of drug-likeness (QED) is 0.630. The van der Waals surface area contributed by atoms with Crippen LogP contribution in [0.2, 0.25) is 5.28 Å². The molecule has 1 aliphatic rings. The van der Waals surface area contributed by atoms with Crippen LogP contribution in [0.4, 0.5) is 0 Å². The Morgan fingerprint density at radius 1 is 1.42 bits per heavy atom. The fourth-order valence-corrected chi connectivity index (χ4v) is 2.23. The number of nitrogens with zero attached hydrogens (tertiary/aromatic N) is 2. The highest BCUT2D eigenvalue weighted by Gasteiger charge is 2.18. The summed E-state index contributed by atoms with van der Waals surface area (Å²) < 4.78 is 9.94. The monoisotopic (exact) mass is 282 g/mol. The molecule has 1 aliphatic carbocycles. The predicted molar refractivity (Wildman–Crippen MR) is 71.0 cm³/mol. The summed E-state index contributed by atoms with van der Waals surface area (Å²) in [6.07, 6.45) is 4.92. The molecule has 0 aromatic carbocycles. The van der Waals surface area contributed by atoms with Gasteiger partial charge in [0.2, 0.25) is 5.28 Å². The van der Waals surface area contributed by atoms with Crippen molar-refractivity contribution in [2.45, 2.75) is 25.4 Å². The molecule has 0 N–H and O–H groups in total. The number of hydrogen-bond acceptors (Lipinski definition) is 5. The molecule has 0 saturated carbocycles. The normalized spacial score (nSPS) is 18.9. The van der Waals surface area contributed by atoms with Crippen LogP contribution < -0.4 is 0 Å². The third-order valence-electron chi connectivity index (χ3n) is 3.12. The zero-order valence-electron chi connectivity index (χ0n) is 10.9. The molecule has 2 rings (SSSR count). The van der Waals surface area contributed by atoms with Gasteiger partial charge in [-0.3, -0.25) is 0 Å². The van der Waals surface area contributed by atoms with Crippen LogP contribution in [0.5, 0.6) is 0 Å². The Morgan fingerprint density at radius 2 is 2.21 bits per heavy atom. The van der Waals surface area contributed by atoms with Crippen molar-refractivity contribution in [2.75, 3.05) is 14.2 Å². The van der Waals surface area contributed by atoms with Gasteiger partial charge in [-0.05, 0) is 42.5 Å². The molecule has 0 saturated heterocycles. The van der Waals surface area contributed by atoms with Gasteiger partial charge in [-0.1, -0.05) is 6.08 Å². The third-order valence-corrected chi connectivity index (χ3v) is 3.29. The molecule has 6 heteroatoms.